The second-order valence-electron chi connectivity index (χ2n) is 9.34. The maximum absolute atomic E-state index is 13.7. The highest BCUT2D eigenvalue weighted by Crippen LogP contribution is 2.34. The number of anilines is 2. The predicted octanol–water partition coefficient (Wildman–Crippen LogP) is 4.34. The van der Waals surface area contributed by atoms with Crippen molar-refractivity contribution in [1.29, 1.82) is 0 Å². The first-order chi connectivity index (χ1) is 18.6. The van der Waals surface area contributed by atoms with Crippen LogP contribution in [0.5, 0.6) is 5.88 Å². The van der Waals surface area contributed by atoms with Crippen LogP contribution in [0.4, 0.5) is 22.2 Å². The van der Waals surface area contributed by atoms with E-state index in [1.54, 1.807) is 54.3 Å². The third-order valence-electron chi connectivity index (χ3n) is 6.86. The molecule has 1 saturated heterocycles. The van der Waals surface area contributed by atoms with E-state index in [9.17, 15) is 19.7 Å². The van der Waals surface area contributed by atoms with E-state index >= 15 is 0 Å². The molecule has 1 aromatic carbocycles. The van der Waals surface area contributed by atoms with Crippen LogP contribution in [0.1, 0.15) is 30.1 Å². The summed E-state index contributed by atoms with van der Waals surface area (Å²) in [4.78, 5) is 47.3. The highest BCUT2D eigenvalue weighted by atomic mass is 35.5. The lowest BCUT2D eigenvalue weighted by atomic mass is 10.1. The van der Waals surface area contributed by atoms with Crippen molar-refractivity contribution in [2.45, 2.75) is 32.7 Å². The van der Waals surface area contributed by atoms with Gasteiger partial charge in [-0.2, -0.15) is 4.57 Å². The van der Waals surface area contributed by atoms with Crippen LogP contribution < -0.4 is 15.3 Å². The van der Waals surface area contributed by atoms with Crippen LogP contribution in [0, 0.1) is 24.0 Å². The SMILES string of the molecule is Cc1cc(Cl)ccc1N(C(=O)Oc1cnc([N+](=O)[O-])n1C)c1cc2c(c(C)n1)n(C)c(=O)n2C1CCOCC1. The largest absolute Gasteiger partial charge is 0.437 e. The molecule has 1 amide bonds. The third-order valence-corrected chi connectivity index (χ3v) is 7.10. The van der Waals surface area contributed by atoms with Crippen LogP contribution in [0.2, 0.25) is 5.02 Å². The van der Waals surface area contributed by atoms with E-state index in [1.165, 1.54) is 11.9 Å². The minimum Gasteiger partial charge on any atom is -0.390 e. The fourth-order valence-electron chi connectivity index (χ4n) is 4.97. The topological polar surface area (TPSA) is 140 Å². The average Bonchev–Trinajstić information content (AvgIpc) is 3.37. The summed E-state index contributed by atoms with van der Waals surface area (Å²) in [6.07, 6.45) is 1.58. The van der Waals surface area contributed by atoms with Crippen LogP contribution in [0.25, 0.3) is 11.0 Å². The molecule has 0 bridgehead atoms. The summed E-state index contributed by atoms with van der Waals surface area (Å²) in [7, 11) is 3.07. The molecule has 1 fully saturated rings. The number of aryl methyl sites for hydroxylation is 3. The molecule has 1 aliphatic rings. The van der Waals surface area contributed by atoms with Crippen molar-refractivity contribution in [3.8, 4) is 5.88 Å². The molecule has 3 aromatic heterocycles. The summed E-state index contributed by atoms with van der Waals surface area (Å²) in [6.45, 7) is 4.64. The molecule has 0 radical (unpaired) electrons. The molecule has 0 N–H and O–H groups in total. The molecule has 39 heavy (non-hydrogen) atoms. The fourth-order valence-corrected chi connectivity index (χ4v) is 5.20. The van der Waals surface area contributed by atoms with E-state index in [1.807, 2.05) is 0 Å². The van der Waals surface area contributed by atoms with E-state index in [0.717, 1.165) is 10.8 Å². The summed E-state index contributed by atoms with van der Waals surface area (Å²) < 4.78 is 15.4. The zero-order valence-electron chi connectivity index (χ0n) is 21.8. The van der Waals surface area contributed by atoms with Crippen molar-refractivity contribution in [3.63, 3.8) is 0 Å². The van der Waals surface area contributed by atoms with Crippen LogP contribution in [-0.2, 0) is 18.8 Å². The Hall–Kier alpha value is -4.23. The number of carbonyl (C=O) groups excluding carboxylic acids is 1. The number of nitrogens with zero attached hydrogens (tertiary/aromatic N) is 7. The number of pyridine rings is 1. The number of rotatable bonds is 5. The maximum atomic E-state index is 13.7. The van der Waals surface area contributed by atoms with Crippen molar-refractivity contribution in [2.75, 3.05) is 18.1 Å². The molecule has 0 unspecified atom stereocenters. The lowest BCUT2D eigenvalue weighted by molar-refractivity contribution is -0.396. The van der Waals surface area contributed by atoms with Gasteiger partial charge in [-0.05, 0) is 55.4 Å². The van der Waals surface area contributed by atoms with E-state index in [-0.39, 0.29) is 23.4 Å². The van der Waals surface area contributed by atoms with Gasteiger partial charge >= 0.3 is 23.6 Å². The minimum absolute atomic E-state index is 0.0720. The quantitative estimate of drug-likeness (QED) is 0.262. The van der Waals surface area contributed by atoms with Gasteiger partial charge in [0.05, 0.1) is 29.5 Å². The molecule has 1 aliphatic heterocycles. The molecule has 204 valence electrons. The first-order valence-electron chi connectivity index (χ1n) is 12.2. The smallest absolute Gasteiger partial charge is 0.390 e. The average molecular weight is 556 g/mol. The Labute approximate surface area is 227 Å². The van der Waals surface area contributed by atoms with E-state index in [2.05, 4.69) is 9.97 Å². The number of halogens is 1. The summed E-state index contributed by atoms with van der Waals surface area (Å²) >= 11 is 6.18. The minimum atomic E-state index is -0.875. The molecule has 4 heterocycles. The number of hydrogen-bond donors (Lipinski definition) is 0. The van der Waals surface area contributed by atoms with Gasteiger partial charge in [0.1, 0.15) is 5.82 Å². The van der Waals surface area contributed by atoms with Crippen LogP contribution >= 0.6 is 11.6 Å². The van der Waals surface area contributed by atoms with Crippen molar-refractivity contribution in [3.05, 3.63) is 67.3 Å². The Morgan fingerprint density at radius 1 is 1.21 bits per heavy atom. The third kappa shape index (κ3) is 4.63. The highest BCUT2D eigenvalue weighted by molar-refractivity contribution is 6.30. The number of carbonyl (C=O) groups is 1. The van der Waals surface area contributed by atoms with Gasteiger partial charge < -0.3 is 19.6 Å². The Morgan fingerprint density at radius 3 is 2.56 bits per heavy atom. The first kappa shape index (κ1) is 26.4. The van der Waals surface area contributed by atoms with E-state index in [4.69, 9.17) is 21.1 Å². The molecule has 0 aliphatic carbocycles. The van der Waals surface area contributed by atoms with Gasteiger partial charge in [-0.3, -0.25) is 9.13 Å². The number of imidazole rings is 2. The van der Waals surface area contributed by atoms with Gasteiger partial charge in [-0.15, -0.1) is 0 Å². The maximum Gasteiger partial charge on any atom is 0.437 e. The van der Waals surface area contributed by atoms with Gasteiger partial charge in [0.25, 0.3) is 0 Å². The second-order valence-corrected chi connectivity index (χ2v) is 9.77. The van der Waals surface area contributed by atoms with Gasteiger partial charge in [0.2, 0.25) is 0 Å². The molecule has 0 saturated carbocycles. The lowest BCUT2D eigenvalue weighted by Crippen LogP contribution is -2.31. The van der Waals surface area contributed by atoms with Gasteiger partial charge in [0.15, 0.2) is 6.20 Å². The first-order valence-corrected chi connectivity index (χ1v) is 12.6. The van der Waals surface area contributed by atoms with Gasteiger partial charge in [0, 0.05) is 37.4 Å². The molecule has 0 spiro atoms. The standard InChI is InChI=1S/C25H26ClN7O6/c1-14-11-16(26)5-6-18(14)32(25(35)39-21-13-27-23(29(21)3)33(36)37)20-12-19-22(15(2)28-20)30(4)24(34)31(19)17-7-9-38-10-8-17/h5-6,11-13,17H,7-10H2,1-4H3. The van der Waals surface area contributed by atoms with E-state index < -0.39 is 17.0 Å². The Morgan fingerprint density at radius 2 is 1.92 bits per heavy atom. The zero-order valence-corrected chi connectivity index (χ0v) is 22.5. The van der Waals surface area contributed by atoms with Crippen LogP contribution in [-0.4, -0.2) is 47.9 Å². The van der Waals surface area contributed by atoms with Crippen LogP contribution in [0.3, 0.4) is 0 Å². The van der Waals surface area contributed by atoms with Crippen molar-refractivity contribution in [1.82, 2.24) is 23.7 Å². The molecule has 13 nitrogen and oxygen atoms in total. The fraction of sp³-hybridized carbons (Fsp3) is 0.360. The number of nitro groups is 1. The molecular formula is C25H26ClN7O6. The predicted molar refractivity (Wildman–Crippen MR) is 143 cm³/mol. The van der Waals surface area contributed by atoms with Crippen molar-refractivity contribution in [2.24, 2.45) is 14.1 Å². The monoisotopic (exact) mass is 555 g/mol. The molecule has 0 atom stereocenters. The summed E-state index contributed by atoms with van der Waals surface area (Å²) in [6, 6.07) is 6.59. The molecule has 14 heteroatoms. The number of hydrogen-bond acceptors (Lipinski definition) is 8. The summed E-state index contributed by atoms with van der Waals surface area (Å²) in [5.74, 6) is -0.398. The number of ether oxygens (including phenoxy) is 2. The second kappa shape index (κ2) is 10.2. The normalized spacial score (nSPS) is 14.1. The zero-order chi connectivity index (χ0) is 28.0. The number of aromatic nitrogens is 5. The highest BCUT2D eigenvalue weighted by Gasteiger charge is 2.30. The molecular weight excluding hydrogens is 530 g/mol. The Kier molecular flexibility index (Phi) is 6.87. The molecule has 5 rings (SSSR count). The van der Waals surface area contributed by atoms with E-state index in [0.29, 0.717) is 59.1 Å². The van der Waals surface area contributed by atoms with Crippen molar-refractivity contribution >= 4 is 46.2 Å². The Bertz CT molecular complexity index is 1670. The summed E-state index contributed by atoms with van der Waals surface area (Å²) in [5.41, 5.74) is 2.72. The van der Waals surface area contributed by atoms with Crippen LogP contribution in [0.15, 0.2) is 35.3 Å². The van der Waals surface area contributed by atoms with Crippen molar-refractivity contribution < 1.29 is 19.2 Å². The van der Waals surface area contributed by atoms with Gasteiger partial charge in [-0.1, -0.05) is 16.6 Å². The summed E-state index contributed by atoms with van der Waals surface area (Å²) in [5, 5.41) is 11.7. The number of fused-ring (bicyclic) bond motifs is 1. The molecule has 4 aromatic rings. The number of amides is 1. The Balaban J connectivity index is 1.68. The van der Waals surface area contributed by atoms with Gasteiger partial charge in [-0.25, -0.2) is 19.5 Å². The lowest BCUT2D eigenvalue weighted by Gasteiger charge is -2.25. The number of benzene rings is 1.